The molecule has 0 atom stereocenters. The van der Waals surface area contributed by atoms with Gasteiger partial charge in [0.05, 0.1) is 4.47 Å². The maximum absolute atomic E-state index is 5.57. The van der Waals surface area contributed by atoms with Gasteiger partial charge in [0.1, 0.15) is 0 Å². The number of halogens is 1. The number of piperazine rings is 1. The van der Waals surface area contributed by atoms with Gasteiger partial charge in [0, 0.05) is 32.7 Å². The third-order valence-electron chi connectivity index (χ3n) is 3.86. The highest BCUT2D eigenvalue weighted by Gasteiger charge is 2.22. The van der Waals surface area contributed by atoms with Crippen molar-refractivity contribution in [3.63, 3.8) is 0 Å². The van der Waals surface area contributed by atoms with Crippen molar-refractivity contribution in [2.75, 3.05) is 39.5 Å². The summed E-state index contributed by atoms with van der Waals surface area (Å²) in [7, 11) is 0. The number of ether oxygens (including phenoxy) is 2. The molecule has 1 N–H and O–H groups in total. The summed E-state index contributed by atoms with van der Waals surface area (Å²) < 4.78 is 12.0. The number of nitrogens with one attached hydrogen (secondary N) is 1. The molecule has 5 heteroatoms. The molecular formula is C14H19BrN2O2. The molecule has 0 amide bonds. The highest BCUT2D eigenvalue weighted by atomic mass is 79.9. The van der Waals surface area contributed by atoms with Crippen LogP contribution in [0, 0.1) is 6.92 Å². The second-order valence-electron chi connectivity index (χ2n) is 5.05. The van der Waals surface area contributed by atoms with E-state index in [9.17, 15) is 0 Å². The van der Waals surface area contributed by atoms with Crippen molar-refractivity contribution in [2.45, 2.75) is 13.3 Å². The highest BCUT2D eigenvalue weighted by Crippen LogP contribution is 2.43. The van der Waals surface area contributed by atoms with E-state index in [1.54, 1.807) is 0 Å². The van der Waals surface area contributed by atoms with E-state index in [2.05, 4.69) is 39.1 Å². The van der Waals surface area contributed by atoms with Crippen molar-refractivity contribution in [2.24, 2.45) is 0 Å². The summed E-state index contributed by atoms with van der Waals surface area (Å²) in [5, 5.41) is 3.38. The Morgan fingerprint density at radius 3 is 2.79 bits per heavy atom. The number of nitrogens with zero attached hydrogens (tertiary/aromatic N) is 1. The summed E-state index contributed by atoms with van der Waals surface area (Å²) in [6, 6.07) is 2.17. The van der Waals surface area contributed by atoms with Crippen LogP contribution in [-0.4, -0.2) is 44.4 Å². The fourth-order valence-electron chi connectivity index (χ4n) is 2.68. The number of benzene rings is 1. The van der Waals surface area contributed by atoms with Crippen LogP contribution in [0.15, 0.2) is 10.5 Å². The zero-order valence-corrected chi connectivity index (χ0v) is 12.8. The van der Waals surface area contributed by atoms with Gasteiger partial charge in [-0.15, -0.1) is 0 Å². The molecule has 2 heterocycles. The molecule has 1 saturated heterocycles. The van der Waals surface area contributed by atoms with Crippen molar-refractivity contribution >= 4 is 15.9 Å². The van der Waals surface area contributed by atoms with Crippen molar-refractivity contribution < 1.29 is 9.47 Å². The smallest absolute Gasteiger partial charge is 0.231 e. The van der Waals surface area contributed by atoms with E-state index in [1.165, 1.54) is 11.1 Å². The molecule has 1 aromatic carbocycles. The first-order valence-electron chi connectivity index (χ1n) is 6.76. The second kappa shape index (κ2) is 5.69. The van der Waals surface area contributed by atoms with Gasteiger partial charge in [0.2, 0.25) is 6.79 Å². The Kier molecular flexibility index (Phi) is 3.96. The van der Waals surface area contributed by atoms with Crippen LogP contribution in [0.5, 0.6) is 11.5 Å². The maximum Gasteiger partial charge on any atom is 0.231 e. The minimum atomic E-state index is 0.329. The quantitative estimate of drug-likeness (QED) is 0.920. The largest absolute Gasteiger partial charge is 0.453 e. The normalized spacial score (nSPS) is 18.8. The van der Waals surface area contributed by atoms with Crippen molar-refractivity contribution in [1.82, 2.24) is 10.2 Å². The van der Waals surface area contributed by atoms with E-state index >= 15 is 0 Å². The van der Waals surface area contributed by atoms with Gasteiger partial charge in [0.25, 0.3) is 0 Å². The van der Waals surface area contributed by atoms with Gasteiger partial charge in [0.15, 0.2) is 11.5 Å². The molecule has 0 saturated carbocycles. The number of fused-ring (bicyclic) bond motifs is 1. The van der Waals surface area contributed by atoms with E-state index < -0.39 is 0 Å². The number of hydrogen-bond donors (Lipinski definition) is 1. The van der Waals surface area contributed by atoms with Crippen molar-refractivity contribution in [1.29, 1.82) is 0 Å². The molecule has 0 aliphatic carbocycles. The number of hydrogen-bond acceptors (Lipinski definition) is 4. The third-order valence-corrected chi connectivity index (χ3v) is 4.45. The lowest BCUT2D eigenvalue weighted by molar-refractivity contribution is 0.173. The standard InChI is InChI=1S/C14H19BrN2O2/c1-10-11(2-5-17-6-3-16-4-7-17)8-12(15)14-13(10)18-9-19-14/h8,16H,2-7,9H2,1H3. The molecule has 0 unspecified atom stereocenters. The second-order valence-corrected chi connectivity index (χ2v) is 5.90. The van der Waals surface area contributed by atoms with E-state index in [1.807, 2.05) is 0 Å². The Morgan fingerprint density at radius 2 is 2.00 bits per heavy atom. The van der Waals surface area contributed by atoms with Crippen LogP contribution in [0.25, 0.3) is 0 Å². The fourth-order valence-corrected chi connectivity index (χ4v) is 3.25. The summed E-state index contributed by atoms with van der Waals surface area (Å²) >= 11 is 3.57. The minimum Gasteiger partial charge on any atom is -0.453 e. The average Bonchev–Trinajstić information content (AvgIpc) is 2.92. The lowest BCUT2D eigenvalue weighted by Gasteiger charge is -2.27. The zero-order valence-electron chi connectivity index (χ0n) is 11.2. The van der Waals surface area contributed by atoms with Crippen LogP contribution in [0.1, 0.15) is 11.1 Å². The highest BCUT2D eigenvalue weighted by molar-refractivity contribution is 9.10. The van der Waals surface area contributed by atoms with Crippen molar-refractivity contribution in [3.05, 3.63) is 21.7 Å². The molecule has 19 heavy (non-hydrogen) atoms. The topological polar surface area (TPSA) is 33.7 Å². The predicted octanol–water partition coefficient (Wildman–Crippen LogP) is 1.93. The summed E-state index contributed by atoms with van der Waals surface area (Å²) in [5.74, 6) is 1.76. The SMILES string of the molecule is Cc1c(CCN2CCNCC2)cc(Br)c2c1OCO2. The summed E-state index contributed by atoms with van der Waals surface area (Å²) in [6.45, 7) is 8.04. The van der Waals surface area contributed by atoms with Crippen LogP contribution in [0.3, 0.4) is 0 Å². The maximum atomic E-state index is 5.57. The van der Waals surface area contributed by atoms with E-state index in [4.69, 9.17) is 9.47 Å². The first-order valence-corrected chi connectivity index (χ1v) is 7.55. The lowest BCUT2D eigenvalue weighted by Crippen LogP contribution is -2.44. The van der Waals surface area contributed by atoms with Gasteiger partial charge in [-0.1, -0.05) is 0 Å². The van der Waals surface area contributed by atoms with Crippen LogP contribution in [-0.2, 0) is 6.42 Å². The number of rotatable bonds is 3. The molecule has 2 aliphatic heterocycles. The van der Waals surface area contributed by atoms with Crippen LogP contribution >= 0.6 is 15.9 Å². The molecule has 104 valence electrons. The summed E-state index contributed by atoms with van der Waals surface area (Å²) in [4.78, 5) is 2.51. The third kappa shape index (κ3) is 2.73. The van der Waals surface area contributed by atoms with E-state index in [-0.39, 0.29) is 0 Å². The van der Waals surface area contributed by atoms with Gasteiger partial charge in [-0.25, -0.2) is 0 Å². The van der Waals surface area contributed by atoms with Gasteiger partial charge >= 0.3 is 0 Å². The lowest BCUT2D eigenvalue weighted by atomic mass is 10.0. The Bertz CT molecular complexity index is 473. The average molecular weight is 327 g/mol. The van der Waals surface area contributed by atoms with Gasteiger partial charge in [-0.05, 0) is 46.5 Å². The van der Waals surface area contributed by atoms with Crippen LogP contribution in [0.2, 0.25) is 0 Å². The zero-order chi connectivity index (χ0) is 13.2. The Balaban J connectivity index is 1.72. The van der Waals surface area contributed by atoms with E-state index in [0.717, 1.165) is 55.1 Å². The molecule has 0 radical (unpaired) electrons. The van der Waals surface area contributed by atoms with Gasteiger partial charge < -0.3 is 19.7 Å². The molecule has 0 bridgehead atoms. The molecule has 3 rings (SSSR count). The summed E-state index contributed by atoms with van der Waals surface area (Å²) in [6.07, 6.45) is 1.06. The van der Waals surface area contributed by atoms with E-state index in [0.29, 0.717) is 6.79 Å². The fraction of sp³-hybridized carbons (Fsp3) is 0.571. The predicted molar refractivity (Wildman–Crippen MR) is 78.0 cm³/mol. The molecule has 0 aromatic heterocycles. The first-order chi connectivity index (χ1) is 9.25. The van der Waals surface area contributed by atoms with Crippen LogP contribution < -0.4 is 14.8 Å². The monoisotopic (exact) mass is 326 g/mol. The Labute approximate surface area is 122 Å². The molecule has 0 spiro atoms. The minimum absolute atomic E-state index is 0.329. The molecule has 2 aliphatic rings. The van der Waals surface area contributed by atoms with Crippen molar-refractivity contribution in [3.8, 4) is 11.5 Å². The Hall–Kier alpha value is -0.780. The van der Waals surface area contributed by atoms with Gasteiger partial charge in [-0.3, -0.25) is 0 Å². The molecule has 4 nitrogen and oxygen atoms in total. The summed E-state index contributed by atoms with van der Waals surface area (Å²) in [5.41, 5.74) is 2.56. The molecule has 1 fully saturated rings. The van der Waals surface area contributed by atoms with Crippen LogP contribution in [0.4, 0.5) is 0 Å². The Morgan fingerprint density at radius 1 is 1.26 bits per heavy atom. The molecule has 1 aromatic rings. The first kappa shape index (κ1) is 13.2. The molecular weight excluding hydrogens is 308 g/mol. The van der Waals surface area contributed by atoms with Gasteiger partial charge in [-0.2, -0.15) is 0 Å².